The van der Waals surface area contributed by atoms with Gasteiger partial charge in [0, 0.05) is 58.4 Å². The number of fused-ring (bicyclic) bond motifs is 2. The van der Waals surface area contributed by atoms with Crippen LogP contribution < -0.4 is 41.0 Å². The lowest BCUT2D eigenvalue weighted by Gasteiger charge is -2.31. The molecule has 25 heteroatoms. The second-order valence-electron chi connectivity index (χ2n) is 20.2. The van der Waals surface area contributed by atoms with Gasteiger partial charge in [0.1, 0.15) is 42.6 Å². The van der Waals surface area contributed by atoms with Crippen LogP contribution in [0.15, 0.2) is 60.9 Å². The third kappa shape index (κ3) is 14.7. The van der Waals surface area contributed by atoms with Crippen molar-refractivity contribution in [2.24, 2.45) is 12.9 Å². The van der Waals surface area contributed by atoms with Crippen LogP contribution in [0.25, 0.3) is 0 Å². The first-order chi connectivity index (χ1) is 36.7. The highest BCUT2D eigenvalue weighted by atomic mass is 16.7. The summed E-state index contributed by atoms with van der Waals surface area (Å²) in [6.45, 7) is 12.1. The van der Waals surface area contributed by atoms with E-state index in [1.807, 2.05) is 13.8 Å². The van der Waals surface area contributed by atoms with Crippen molar-refractivity contribution < 1.29 is 72.2 Å². The number of aryl methyl sites for hydroxylation is 1. The Morgan fingerprint density at radius 2 is 1.77 bits per heavy atom. The van der Waals surface area contributed by atoms with E-state index < -0.39 is 53.6 Å². The molecule has 0 aliphatic carbocycles. The van der Waals surface area contributed by atoms with Crippen LogP contribution >= 0.6 is 0 Å². The summed E-state index contributed by atoms with van der Waals surface area (Å²) < 4.78 is 38.6. The third-order valence-corrected chi connectivity index (χ3v) is 13.0. The number of carbonyl (C=O) groups excluding carboxylic acids is 6. The molecule has 7 rings (SSSR count). The number of carbonyl (C=O) groups is 6. The summed E-state index contributed by atoms with van der Waals surface area (Å²) >= 11 is 0. The summed E-state index contributed by atoms with van der Waals surface area (Å²) in [5, 5.41) is 35.8. The van der Waals surface area contributed by atoms with Crippen molar-refractivity contribution in [3.8, 4) is 17.2 Å². The van der Waals surface area contributed by atoms with E-state index in [0.717, 1.165) is 5.57 Å². The third-order valence-electron chi connectivity index (χ3n) is 13.0. The van der Waals surface area contributed by atoms with Crippen LogP contribution in [0.5, 0.6) is 17.2 Å². The molecule has 2 aromatic heterocycles. The fourth-order valence-corrected chi connectivity index (χ4v) is 8.73. The highest BCUT2D eigenvalue weighted by molar-refractivity contribution is 6.06. The van der Waals surface area contributed by atoms with Crippen LogP contribution in [-0.4, -0.2) is 160 Å². The van der Waals surface area contributed by atoms with E-state index in [1.54, 1.807) is 42.6 Å². The maximum atomic E-state index is 14.4. The van der Waals surface area contributed by atoms with Crippen LogP contribution in [0.2, 0.25) is 0 Å². The number of aliphatic hydroxyl groups excluding tert-OH is 2. The predicted octanol–water partition coefficient (Wildman–Crippen LogP) is 3.02. The molecule has 25 nitrogen and oxygen atoms in total. The Balaban J connectivity index is 1.06. The van der Waals surface area contributed by atoms with Gasteiger partial charge in [0.2, 0.25) is 6.29 Å². The number of nitrogens with zero attached hydrogens (tertiary/aromatic N) is 6. The number of aromatic nitrogens is 4. The first kappa shape index (κ1) is 57.3. The lowest BCUT2D eigenvalue weighted by molar-refractivity contribution is -0.176. The molecule has 2 aromatic carbocycles. The number of benzene rings is 2. The summed E-state index contributed by atoms with van der Waals surface area (Å²) in [6.07, 6.45) is 1.32. The van der Waals surface area contributed by atoms with Crippen LogP contribution in [0.1, 0.15) is 107 Å². The van der Waals surface area contributed by atoms with Gasteiger partial charge >= 0.3 is 6.09 Å². The molecule has 0 spiro atoms. The number of hydrogen-bond donors (Lipinski definition) is 6. The lowest BCUT2D eigenvalue weighted by atomic mass is 10.0. The Bertz CT molecular complexity index is 2810. The van der Waals surface area contributed by atoms with Crippen molar-refractivity contribution in [1.82, 2.24) is 35.1 Å². The minimum atomic E-state index is -1.05. The molecule has 0 bridgehead atoms. The van der Waals surface area contributed by atoms with Gasteiger partial charge in [0.25, 0.3) is 23.6 Å². The number of rotatable bonds is 24. The maximum Gasteiger partial charge on any atom is 0.414 e. The SMILES string of the molecule is C=C1CC2CN(C(=O)OCc3ccc(O[C@H]4C[C@@H](O)CC(C=O)O4)c(C(=O)NCCC(C)(C)OCC(C)(C)ON)c3)c3cc(OCCn4cc(C(=O)Nc5cc(C(=O)NCCCO)n(C)c5)nn4)c(OC)cc3C(=O)N2C1. The number of amides is 5. The normalized spacial score (nSPS) is 18.5. The molecular formula is C52H68N10O15. The zero-order valence-corrected chi connectivity index (χ0v) is 44.1. The molecule has 2 unspecified atom stereocenters. The number of aldehydes is 1. The molecule has 4 atom stereocenters. The Morgan fingerprint density at radius 1 is 0.987 bits per heavy atom. The average molecular weight is 1070 g/mol. The molecule has 3 aliphatic heterocycles. The van der Waals surface area contributed by atoms with Crippen LogP contribution in [0, 0.1) is 0 Å². The predicted molar refractivity (Wildman–Crippen MR) is 275 cm³/mol. The first-order valence-corrected chi connectivity index (χ1v) is 25.1. The van der Waals surface area contributed by atoms with Gasteiger partial charge in [-0.1, -0.05) is 23.4 Å². The lowest BCUT2D eigenvalue weighted by Crippen LogP contribution is -2.42. The molecule has 77 heavy (non-hydrogen) atoms. The van der Waals surface area contributed by atoms with Gasteiger partial charge in [-0.25, -0.2) is 15.4 Å². The zero-order valence-electron chi connectivity index (χ0n) is 44.1. The second kappa shape index (κ2) is 25.2. The first-order valence-electron chi connectivity index (χ1n) is 25.1. The molecule has 416 valence electrons. The van der Waals surface area contributed by atoms with Gasteiger partial charge in [-0.15, -0.1) is 5.10 Å². The van der Waals surface area contributed by atoms with E-state index in [1.165, 1.54) is 53.2 Å². The summed E-state index contributed by atoms with van der Waals surface area (Å²) in [5.74, 6) is 4.06. The number of anilines is 2. The number of nitrogens with two attached hydrogens (primary N) is 1. The highest BCUT2D eigenvalue weighted by Gasteiger charge is 2.41. The van der Waals surface area contributed by atoms with Crippen LogP contribution in [0.3, 0.4) is 0 Å². The summed E-state index contributed by atoms with van der Waals surface area (Å²) in [7, 11) is 3.07. The smallest absolute Gasteiger partial charge is 0.414 e. The Kier molecular flexibility index (Phi) is 18.7. The van der Waals surface area contributed by atoms with E-state index >= 15 is 0 Å². The molecule has 5 heterocycles. The summed E-state index contributed by atoms with van der Waals surface area (Å²) in [6, 6.07) is 8.73. The van der Waals surface area contributed by atoms with Crippen molar-refractivity contribution >= 4 is 47.4 Å². The number of aliphatic hydroxyl groups is 2. The van der Waals surface area contributed by atoms with Crippen LogP contribution in [-0.2, 0) is 44.0 Å². The molecule has 3 aliphatic rings. The van der Waals surface area contributed by atoms with Crippen molar-refractivity contribution in [3.63, 3.8) is 0 Å². The average Bonchev–Trinajstić information content (AvgIpc) is 4.13. The fraction of sp³-hybridized carbons (Fsp3) is 0.500. The van der Waals surface area contributed by atoms with Gasteiger partial charge < -0.3 is 68.8 Å². The highest BCUT2D eigenvalue weighted by Crippen LogP contribution is 2.40. The standard InChI is InChI=1S/C52H68N10O15/c1-31-17-34-26-62(50(70)73-29-32-9-10-42(76-45-21-35(65)20-36(28-64)75-45)38(18-32)46(66)55-13-11-51(2,3)74-30-52(4,5)77-53)40-23-44(43(71-7)22-37(40)49(69)61(34)24-31)72-16-14-60-27-39(57-58-60)47(67)56-33-19-41(59(6)25-33)48(68)54-12-8-15-63/h9-10,18-19,22-23,25,27-28,34-36,45,63,65H,1,8,11-17,20-21,24,26,29-30,53H2,2-7H3,(H,54,68)(H,55,66)(H,56,67)/t34?,35-,36?,45-/m0/s1. The van der Waals surface area contributed by atoms with E-state index in [9.17, 15) is 33.9 Å². The van der Waals surface area contributed by atoms with Crippen LogP contribution in [0.4, 0.5) is 16.2 Å². The van der Waals surface area contributed by atoms with Crippen molar-refractivity contribution in [2.75, 3.05) is 63.3 Å². The van der Waals surface area contributed by atoms with Crippen molar-refractivity contribution in [1.29, 1.82) is 0 Å². The van der Waals surface area contributed by atoms with Gasteiger partial charge in [-0.2, -0.15) is 0 Å². The van der Waals surface area contributed by atoms with Gasteiger partial charge in [0.15, 0.2) is 17.2 Å². The van der Waals surface area contributed by atoms with Gasteiger partial charge in [-0.3, -0.25) is 28.9 Å². The molecule has 2 saturated heterocycles. The number of ether oxygens (including phenoxy) is 6. The monoisotopic (exact) mass is 1070 g/mol. The largest absolute Gasteiger partial charge is 0.493 e. The summed E-state index contributed by atoms with van der Waals surface area (Å²) in [5.41, 5.74) is 0.860. The van der Waals surface area contributed by atoms with E-state index in [2.05, 4.69) is 32.8 Å². The zero-order chi connectivity index (χ0) is 55.6. The van der Waals surface area contributed by atoms with E-state index in [0.29, 0.717) is 49.0 Å². The topological polar surface area (TPSA) is 312 Å². The fourth-order valence-electron chi connectivity index (χ4n) is 8.73. The Morgan fingerprint density at radius 3 is 2.51 bits per heavy atom. The summed E-state index contributed by atoms with van der Waals surface area (Å²) in [4.78, 5) is 87.9. The quantitative estimate of drug-likeness (QED) is 0.0254. The van der Waals surface area contributed by atoms with E-state index in [-0.39, 0.29) is 117 Å². The Hall–Kier alpha value is -7.42. The number of methoxy groups -OCH3 is 1. The second-order valence-corrected chi connectivity index (χ2v) is 20.2. The number of nitrogens with one attached hydrogen (secondary N) is 3. The molecule has 5 amide bonds. The van der Waals surface area contributed by atoms with E-state index in [4.69, 9.17) is 44.3 Å². The molecule has 4 aromatic rings. The molecule has 0 saturated carbocycles. The minimum absolute atomic E-state index is 0.00513. The van der Waals surface area contributed by atoms with Crippen molar-refractivity contribution in [3.05, 3.63) is 89.0 Å². The molecular weight excluding hydrogens is 1000 g/mol. The number of hydrogen-bond acceptors (Lipinski definition) is 18. The maximum absolute atomic E-state index is 14.4. The van der Waals surface area contributed by atoms with Crippen molar-refractivity contribution in [2.45, 2.75) is 109 Å². The Labute approximate surface area is 444 Å². The van der Waals surface area contributed by atoms with Gasteiger partial charge in [0.05, 0.1) is 73.3 Å². The minimum Gasteiger partial charge on any atom is -0.493 e. The molecule has 2 fully saturated rings. The molecule has 0 radical (unpaired) electrons. The van der Waals surface area contributed by atoms with Gasteiger partial charge in [-0.05, 0) is 76.8 Å². The molecule has 7 N–H and O–H groups in total.